The van der Waals surface area contributed by atoms with E-state index in [4.69, 9.17) is 19.3 Å². The van der Waals surface area contributed by atoms with E-state index >= 15 is 0 Å². The molecular weight excluding hydrogens is 990 g/mol. The monoisotopic (exact) mass is 1030 g/mol. The Morgan fingerprint density at radius 2 is 0.650 bits per heavy atom. The highest BCUT2D eigenvalue weighted by Gasteiger charge is 2.53. The molecule has 1 aliphatic heterocycles. The van der Waals surface area contributed by atoms with Gasteiger partial charge in [0.15, 0.2) is 34.8 Å². The lowest BCUT2D eigenvalue weighted by molar-refractivity contribution is 0.00578. The van der Waals surface area contributed by atoms with Crippen molar-refractivity contribution in [1.29, 1.82) is 0 Å². The minimum atomic E-state index is -0.636. The number of aromatic nitrogens is 6. The standard InChI is InChI=1S/C21H22BN3O2.C21H14BrN3.C6H4BrI/c1-20(2)21(3,4)27-22(26-20)19-24-17(15-11-7-5-8-12-15)23-18(25-19)16-13-9-6-10-14-16;22-18-13-11-17(12-14-18)21-24-19(15-7-3-1-4-8-15)23-20(25-21)16-9-5-2-6-10-16;7-5-1-3-6(8)4-2-5/h5-14H,1-4H3;1-14H;1-4H. The van der Waals surface area contributed by atoms with Crippen LogP contribution in [0.15, 0.2) is 179 Å². The van der Waals surface area contributed by atoms with Crippen LogP contribution in [-0.2, 0) is 9.31 Å². The van der Waals surface area contributed by atoms with E-state index in [0.717, 1.165) is 36.8 Å². The van der Waals surface area contributed by atoms with Crippen molar-refractivity contribution >= 4 is 67.3 Å². The lowest BCUT2D eigenvalue weighted by Gasteiger charge is -2.32. The van der Waals surface area contributed by atoms with Crippen molar-refractivity contribution in [1.82, 2.24) is 29.9 Å². The van der Waals surface area contributed by atoms with E-state index in [-0.39, 0.29) is 0 Å². The fraction of sp³-hybridized carbons (Fsp3) is 0.125. The van der Waals surface area contributed by atoms with Crippen LogP contribution in [0.2, 0.25) is 0 Å². The van der Waals surface area contributed by atoms with Gasteiger partial charge in [-0.15, -0.1) is 0 Å². The molecular formula is C48H40BBr2IN6O2. The molecule has 0 spiro atoms. The lowest BCUT2D eigenvalue weighted by Crippen LogP contribution is -2.41. The molecule has 8 aromatic rings. The molecule has 0 N–H and O–H groups in total. The summed E-state index contributed by atoms with van der Waals surface area (Å²) in [5, 5.41) is 0. The number of benzene rings is 6. The molecule has 0 atom stereocenters. The number of rotatable bonds is 6. The zero-order valence-electron chi connectivity index (χ0n) is 33.4. The third-order valence-electron chi connectivity index (χ3n) is 9.79. The molecule has 0 amide bonds. The largest absolute Gasteiger partial charge is 0.534 e. The van der Waals surface area contributed by atoms with Crippen molar-refractivity contribution in [3.63, 3.8) is 0 Å². The number of nitrogens with zero attached hydrogens (tertiary/aromatic N) is 6. The molecule has 60 heavy (non-hydrogen) atoms. The first-order valence-electron chi connectivity index (χ1n) is 19.2. The molecule has 298 valence electrons. The van der Waals surface area contributed by atoms with Gasteiger partial charge in [0.25, 0.3) is 0 Å². The molecule has 8 nitrogen and oxygen atoms in total. The average Bonchev–Trinajstić information content (AvgIpc) is 3.51. The molecule has 1 fully saturated rings. The summed E-state index contributed by atoms with van der Waals surface area (Å²) < 4.78 is 15.7. The van der Waals surface area contributed by atoms with Crippen LogP contribution in [0.25, 0.3) is 56.9 Å². The highest BCUT2D eigenvalue weighted by atomic mass is 127. The summed E-state index contributed by atoms with van der Waals surface area (Å²) in [5.41, 5.74) is 4.33. The fourth-order valence-electron chi connectivity index (χ4n) is 5.85. The van der Waals surface area contributed by atoms with E-state index < -0.39 is 18.3 Å². The summed E-state index contributed by atoms with van der Waals surface area (Å²) >= 11 is 9.08. The van der Waals surface area contributed by atoms with Gasteiger partial charge in [-0.3, -0.25) is 0 Å². The third kappa shape index (κ3) is 11.0. The van der Waals surface area contributed by atoms with Gasteiger partial charge in [-0.2, -0.15) is 0 Å². The molecule has 0 saturated carbocycles. The summed E-state index contributed by atoms with van der Waals surface area (Å²) in [4.78, 5) is 28.1. The second kappa shape index (κ2) is 19.6. The molecule has 0 aliphatic carbocycles. The molecule has 6 aromatic carbocycles. The second-order valence-electron chi connectivity index (χ2n) is 14.6. The van der Waals surface area contributed by atoms with Gasteiger partial charge in [0.1, 0.15) is 0 Å². The fourth-order valence-corrected chi connectivity index (χ4v) is 6.73. The van der Waals surface area contributed by atoms with Crippen molar-refractivity contribution < 1.29 is 9.31 Å². The molecule has 0 radical (unpaired) electrons. The average molecular weight is 1030 g/mol. The molecule has 12 heteroatoms. The van der Waals surface area contributed by atoms with Crippen LogP contribution in [0.3, 0.4) is 0 Å². The maximum Gasteiger partial charge on any atom is 0.534 e. The Hall–Kier alpha value is -4.99. The van der Waals surface area contributed by atoms with Crippen molar-refractivity contribution in [3.05, 3.63) is 182 Å². The van der Waals surface area contributed by atoms with Gasteiger partial charge in [0, 0.05) is 40.3 Å². The van der Waals surface area contributed by atoms with Crippen LogP contribution in [0.1, 0.15) is 27.7 Å². The Balaban J connectivity index is 0.000000154. The predicted octanol–water partition coefficient (Wildman–Crippen LogP) is 12.2. The zero-order valence-corrected chi connectivity index (χ0v) is 38.7. The van der Waals surface area contributed by atoms with Gasteiger partial charge in [0.2, 0.25) is 0 Å². The Kier molecular flexibility index (Phi) is 14.1. The first-order valence-corrected chi connectivity index (χ1v) is 21.9. The minimum Gasteiger partial charge on any atom is -0.397 e. The van der Waals surface area contributed by atoms with Gasteiger partial charge in [-0.25, -0.2) is 29.9 Å². The van der Waals surface area contributed by atoms with Crippen molar-refractivity contribution in [2.24, 2.45) is 0 Å². The van der Waals surface area contributed by atoms with Gasteiger partial charge in [-0.1, -0.05) is 165 Å². The summed E-state index contributed by atoms with van der Waals surface area (Å²) in [6.45, 7) is 8.07. The topological polar surface area (TPSA) is 95.8 Å². The molecule has 3 heterocycles. The predicted molar refractivity (Wildman–Crippen MR) is 257 cm³/mol. The maximum absolute atomic E-state index is 6.16. The van der Waals surface area contributed by atoms with E-state index in [2.05, 4.69) is 86.5 Å². The zero-order chi connectivity index (χ0) is 42.1. The van der Waals surface area contributed by atoms with Crippen LogP contribution in [0.5, 0.6) is 0 Å². The second-order valence-corrected chi connectivity index (χ2v) is 17.7. The maximum atomic E-state index is 6.16. The number of hydrogen-bond acceptors (Lipinski definition) is 8. The van der Waals surface area contributed by atoms with Crippen LogP contribution < -0.4 is 5.72 Å². The molecule has 0 unspecified atom stereocenters. The number of halogens is 3. The first kappa shape index (κ1) is 43.1. The van der Waals surface area contributed by atoms with Crippen LogP contribution in [-0.4, -0.2) is 48.2 Å². The van der Waals surface area contributed by atoms with Gasteiger partial charge in [-0.05, 0) is 86.7 Å². The highest BCUT2D eigenvalue weighted by molar-refractivity contribution is 14.1. The minimum absolute atomic E-state index is 0.454. The molecule has 2 aromatic heterocycles. The van der Waals surface area contributed by atoms with Gasteiger partial charge in [0.05, 0.1) is 11.2 Å². The SMILES string of the molecule is Brc1ccc(-c2nc(-c3ccccc3)nc(-c3ccccc3)n2)cc1.Brc1ccc(I)cc1.CC1(C)OB(c2nc(-c3ccccc3)nc(-c3ccccc3)n2)OC1(C)C. The Morgan fingerprint density at radius 1 is 0.383 bits per heavy atom. The van der Waals surface area contributed by atoms with Crippen molar-refractivity contribution in [2.75, 3.05) is 0 Å². The smallest absolute Gasteiger partial charge is 0.397 e. The van der Waals surface area contributed by atoms with Crippen LogP contribution >= 0.6 is 54.5 Å². The van der Waals surface area contributed by atoms with E-state index in [9.17, 15) is 0 Å². The Bertz CT molecular complexity index is 2480. The normalized spacial score (nSPS) is 13.7. The third-order valence-corrected chi connectivity index (χ3v) is 11.6. The van der Waals surface area contributed by atoms with Crippen LogP contribution in [0.4, 0.5) is 0 Å². The van der Waals surface area contributed by atoms with Gasteiger partial charge < -0.3 is 9.31 Å². The van der Waals surface area contributed by atoms with Crippen molar-refractivity contribution in [3.8, 4) is 56.9 Å². The Morgan fingerprint density at radius 3 is 0.950 bits per heavy atom. The summed E-state index contributed by atoms with van der Waals surface area (Å²) in [5.74, 6) is 3.23. The first-order chi connectivity index (χ1) is 28.9. The molecule has 1 saturated heterocycles. The van der Waals surface area contributed by atoms with E-state index in [1.54, 1.807) is 0 Å². The number of hydrogen-bond donors (Lipinski definition) is 0. The van der Waals surface area contributed by atoms with E-state index in [0.29, 0.717) is 34.8 Å². The Labute approximate surface area is 381 Å². The molecule has 0 bridgehead atoms. The quantitative estimate of drug-likeness (QED) is 0.120. The summed E-state index contributed by atoms with van der Waals surface area (Å²) in [7, 11) is -0.636. The summed E-state index contributed by atoms with van der Waals surface area (Å²) in [6.07, 6.45) is 0. The van der Waals surface area contributed by atoms with Crippen LogP contribution in [0, 0.1) is 3.57 Å². The summed E-state index contributed by atoms with van der Waals surface area (Å²) in [6, 6.07) is 55.9. The highest BCUT2D eigenvalue weighted by Crippen LogP contribution is 2.36. The van der Waals surface area contributed by atoms with E-state index in [1.807, 2.05) is 185 Å². The van der Waals surface area contributed by atoms with Gasteiger partial charge >= 0.3 is 7.12 Å². The van der Waals surface area contributed by atoms with Crippen molar-refractivity contribution in [2.45, 2.75) is 38.9 Å². The lowest BCUT2D eigenvalue weighted by atomic mass is 9.89. The molecule has 9 rings (SSSR count). The van der Waals surface area contributed by atoms with E-state index in [1.165, 1.54) is 3.57 Å². The molecule has 1 aliphatic rings.